The first kappa shape index (κ1) is 27.9. The molecule has 3 heterocycles. The number of alkyl halides is 1. The van der Waals surface area contributed by atoms with E-state index in [0.717, 1.165) is 55.6 Å². The van der Waals surface area contributed by atoms with Gasteiger partial charge in [-0.25, -0.2) is 14.4 Å². The highest BCUT2D eigenvalue weighted by Gasteiger charge is 2.23. The zero-order valence-corrected chi connectivity index (χ0v) is 23.3. The molecule has 0 radical (unpaired) electrons. The lowest BCUT2D eigenvalue weighted by molar-refractivity contribution is 0.0254. The van der Waals surface area contributed by atoms with E-state index in [1.165, 1.54) is 11.9 Å². The smallest absolute Gasteiger partial charge is 0.230 e. The fourth-order valence-electron chi connectivity index (χ4n) is 5.45. The molecule has 2 aliphatic heterocycles. The highest BCUT2D eigenvalue weighted by molar-refractivity contribution is 5.68. The van der Waals surface area contributed by atoms with E-state index in [9.17, 15) is 9.65 Å². The second-order valence-electron chi connectivity index (χ2n) is 10.6. The van der Waals surface area contributed by atoms with Gasteiger partial charge >= 0.3 is 0 Å². The number of rotatable bonds is 9. The summed E-state index contributed by atoms with van der Waals surface area (Å²) in [5.41, 5.74) is 4.22. The second kappa shape index (κ2) is 13.2. The highest BCUT2D eigenvalue weighted by Crippen LogP contribution is 2.32. The van der Waals surface area contributed by atoms with Gasteiger partial charge in [0.1, 0.15) is 30.4 Å². The van der Waals surface area contributed by atoms with Gasteiger partial charge in [0.2, 0.25) is 5.95 Å². The van der Waals surface area contributed by atoms with Crippen molar-refractivity contribution in [3.63, 3.8) is 0 Å². The summed E-state index contributed by atoms with van der Waals surface area (Å²) in [6.45, 7) is 7.57. The number of nitrogens with zero attached hydrogens (tertiary/aromatic N) is 5. The van der Waals surface area contributed by atoms with Gasteiger partial charge in [0.25, 0.3) is 0 Å². The predicted molar refractivity (Wildman–Crippen MR) is 153 cm³/mol. The number of ether oxygens (including phenoxy) is 2. The average molecular weight is 545 g/mol. The van der Waals surface area contributed by atoms with Crippen molar-refractivity contribution in [3.8, 4) is 23.2 Å². The Morgan fingerprint density at radius 1 is 1.10 bits per heavy atom. The molecule has 0 amide bonds. The minimum absolute atomic E-state index is 0.0493. The normalized spacial score (nSPS) is 17.8. The van der Waals surface area contributed by atoms with Crippen LogP contribution >= 0.6 is 0 Å². The number of hydrogen-bond donors (Lipinski definition) is 1. The third-order valence-electron chi connectivity index (χ3n) is 7.94. The molecule has 0 aliphatic carbocycles. The summed E-state index contributed by atoms with van der Waals surface area (Å²) in [5, 5.41) is 13.2. The maximum absolute atomic E-state index is 13.7. The summed E-state index contributed by atoms with van der Waals surface area (Å²) < 4.78 is 25.3. The molecule has 1 N–H and O–H groups in total. The predicted octanol–water partition coefficient (Wildman–Crippen LogP) is 5.95. The number of nitrogens with one attached hydrogen (secondary N) is 1. The molecular weight excluding hydrogens is 507 g/mol. The van der Waals surface area contributed by atoms with Crippen LogP contribution in [0.15, 0.2) is 42.7 Å². The van der Waals surface area contributed by atoms with Crippen LogP contribution in [-0.2, 0) is 4.74 Å². The Morgan fingerprint density at radius 2 is 1.85 bits per heavy atom. The number of benzene rings is 2. The van der Waals surface area contributed by atoms with Crippen LogP contribution in [0.4, 0.5) is 16.0 Å². The minimum Gasteiger partial charge on any atom is -0.489 e. The van der Waals surface area contributed by atoms with E-state index in [2.05, 4.69) is 43.4 Å². The molecule has 2 aliphatic rings. The number of likely N-dealkylation sites (tertiary alicyclic amines) is 1. The second-order valence-corrected chi connectivity index (χ2v) is 10.6. The van der Waals surface area contributed by atoms with Crippen LogP contribution in [0, 0.1) is 18.3 Å². The lowest BCUT2D eigenvalue weighted by Gasteiger charge is -2.32. The van der Waals surface area contributed by atoms with Crippen molar-refractivity contribution < 1.29 is 13.9 Å². The first-order valence-corrected chi connectivity index (χ1v) is 14.2. The maximum atomic E-state index is 13.7. The summed E-state index contributed by atoms with van der Waals surface area (Å²) in [6, 6.07) is 14.4. The molecular formula is C31H37FN6O2. The topological polar surface area (TPSA) is 96.2 Å². The maximum Gasteiger partial charge on any atom is 0.230 e. The van der Waals surface area contributed by atoms with Gasteiger partial charge < -0.3 is 19.7 Å². The standard InChI is InChI=1S/C31H37FN6O2/c1-3-24(32)19-38-14-10-23(11-15-38)22-4-6-25(7-5-22)36-31-35-20-34-30(37-31)27-8-9-29(28(18-33)21(27)2)40-26-12-16-39-17-13-26/h4-9,20,23-24,26H,3,10-17,19H2,1-2H3,(H,34,35,36,37). The van der Waals surface area contributed by atoms with Crippen LogP contribution in [0.5, 0.6) is 5.75 Å². The van der Waals surface area contributed by atoms with Crippen molar-refractivity contribution in [3.05, 3.63) is 59.4 Å². The highest BCUT2D eigenvalue weighted by atomic mass is 19.1. The van der Waals surface area contributed by atoms with Crippen molar-refractivity contribution in [2.45, 2.75) is 64.1 Å². The molecule has 0 saturated carbocycles. The van der Waals surface area contributed by atoms with E-state index >= 15 is 0 Å². The van der Waals surface area contributed by atoms with Crippen LogP contribution in [0.1, 0.15) is 61.6 Å². The van der Waals surface area contributed by atoms with Gasteiger partial charge in [-0.2, -0.15) is 10.2 Å². The van der Waals surface area contributed by atoms with Crippen molar-refractivity contribution in [2.75, 3.05) is 38.2 Å². The van der Waals surface area contributed by atoms with Gasteiger partial charge in [-0.3, -0.25) is 0 Å². The fraction of sp³-hybridized carbons (Fsp3) is 0.484. The van der Waals surface area contributed by atoms with Crippen LogP contribution in [0.25, 0.3) is 11.4 Å². The van der Waals surface area contributed by atoms with Gasteiger partial charge in [-0.1, -0.05) is 19.1 Å². The number of aromatic nitrogens is 3. The Labute approximate surface area is 235 Å². The van der Waals surface area contributed by atoms with E-state index < -0.39 is 6.17 Å². The van der Waals surface area contributed by atoms with Gasteiger partial charge in [-0.05, 0) is 80.6 Å². The van der Waals surface area contributed by atoms with Crippen molar-refractivity contribution in [2.24, 2.45) is 0 Å². The zero-order valence-electron chi connectivity index (χ0n) is 23.3. The van der Waals surface area contributed by atoms with E-state index in [-0.39, 0.29) is 6.10 Å². The summed E-state index contributed by atoms with van der Waals surface area (Å²) in [5.74, 6) is 2.00. The molecule has 40 heavy (non-hydrogen) atoms. The van der Waals surface area contributed by atoms with Crippen LogP contribution in [0.3, 0.4) is 0 Å². The zero-order chi connectivity index (χ0) is 27.9. The van der Waals surface area contributed by atoms with E-state index in [4.69, 9.17) is 9.47 Å². The summed E-state index contributed by atoms with van der Waals surface area (Å²) in [4.78, 5) is 15.6. The van der Waals surface area contributed by atoms with Crippen molar-refractivity contribution in [1.29, 1.82) is 5.26 Å². The number of anilines is 2. The monoisotopic (exact) mass is 544 g/mol. The number of nitriles is 1. The molecule has 2 aromatic carbocycles. The number of halogens is 1. The first-order chi connectivity index (χ1) is 19.5. The number of piperidine rings is 1. The molecule has 1 atom stereocenters. The van der Waals surface area contributed by atoms with Gasteiger partial charge in [-0.15, -0.1) is 0 Å². The summed E-state index contributed by atoms with van der Waals surface area (Å²) in [6.07, 6.45) is 5.09. The quantitative estimate of drug-likeness (QED) is 0.353. The van der Waals surface area contributed by atoms with Crippen LogP contribution < -0.4 is 10.1 Å². The average Bonchev–Trinajstić information content (AvgIpc) is 2.99. The molecule has 0 spiro atoms. The van der Waals surface area contributed by atoms with Crippen LogP contribution in [-0.4, -0.2) is 65.0 Å². The molecule has 2 saturated heterocycles. The van der Waals surface area contributed by atoms with Gasteiger partial charge in [0.05, 0.1) is 18.8 Å². The largest absolute Gasteiger partial charge is 0.489 e. The Balaban J connectivity index is 1.24. The lowest BCUT2D eigenvalue weighted by Crippen LogP contribution is -2.37. The van der Waals surface area contributed by atoms with Crippen molar-refractivity contribution >= 4 is 11.6 Å². The molecule has 0 bridgehead atoms. The molecule has 9 heteroatoms. The van der Waals surface area contributed by atoms with Gasteiger partial charge in [0.15, 0.2) is 5.82 Å². The third-order valence-corrected chi connectivity index (χ3v) is 7.94. The summed E-state index contributed by atoms with van der Waals surface area (Å²) >= 11 is 0. The Bertz CT molecular complexity index is 1310. The molecule has 3 aromatic rings. The first-order valence-electron chi connectivity index (χ1n) is 14.2. The van der Waals surface area contributed by atoms with Crippen LogP contribution in [0.2, 0.25) is 0 Å². The molecule has 210 valence electrons. The molecule has 1 unspecified atom stereocenters. The number of hydrogen-bond acceptors (Lipinski definition) is 8. The fourth-order valence-corrected chi connectivity index (χ4v) is 5.45. The Kier molecular flexibility index (Phi) is 9.19. The summed E-state index contributed by atoms with van der Waals surface area (Å²) in [7, 11) is 0. The van der Waals surface area contributed by atoms with E-state index in [1.54, 1.807) is 0 Å². The lowest BCUT2D eigenvalue weighted by atomic mass is 9.89. The van der Waals surface area contributed by atoms with Crippen molar-refractivity contribution in [1.82, 2.24) is 19.9 Å². The minimum atomic E-state index is -0.731. The molecule has 2 fully saturated rings. The third kappa shape index (κ3) is 6.75. The van der Waals surface area contributed by atoms with E-state index in [1.807, 2.05) is 38.1 Å². The molecule has 1 aromatic heterocycles. The molecule has 8 nitrogen and oxygen atoms in total. The Morgan fingerprint density at radius 3 is 2.55 bits per heavy atom. The molecule has 5 rings (SSSR count). The van der Waals surface area contributed by atoms with Gasteiger partial charge in [0, 0.05) is 30.6 Å². The SMILES string of the molecule is CCC(F)CN1CCC(c2ccc(Nc3ncnc(-c4ccc(OC5CCOCC5)c(C#N)c4C)n3)cc2)CC1. The van der Waals surface area contributed by atoms with E-state index in [0.29, 0.717) is 55.2 Å². The Hall–Kier alpha value is -3.61.